The largest absolute Gasteiger partial charge is 0.481 e. The topological polar surface area (TPSA) is 63.6 Å². The van der Waals surface area contributed by atoms with E-state index in [1.807, 2.05) is 0 Å². The molecule has 0 aromatic carbocycles. The number of carbonyl (C=O) groups is 2. The normalized spacial score (nSPS) is 13.4. The molecule has 0 heterocycles. The highest BCUT2D eigenvalue weighted by atomic mass is 16.6. The predicted octanol–water partition coefficient (Wildman–Crippen LogP) is 5.05. The number of carboxylic acids is 1. The number of hydrogen-bond donors (Lipinski definition) is 1. The van der Waals surface area contributed by atoms with E-state index in [2.05, 4.69) is 34.6 Å². The number of rotatable bonds is 12. The summed E-state index contributed by atoms with van der Waals surface area (Å²) < 4.78 is 5.94. The van der Waals surface area contributed by atoms with Gasteiger partial charge >= 0.3 is 11.9 Å². The minimum Gasteiger partial charge on any atom is -0.481 e. The van der Waals surface area contributed by atoms with Crippen LogP contribution in [-0.2, 0) is 14.3 Å². The van der Waals surface area contributed by atoms with Gasteiger partial charge in [-0.25, -0.2) is 0 Å². The van der Waals surface area contributed by atoms with E-state index in [0.717, 1.165) is 19.3 Å². The third-order valence-electron chi connectivity index (χ3n) is 4.88. The highest BCUT2D eigenvalue weighted by molar-refractivity contribution is 5.73. The SMILES string of the molecule is CCCCCCC(OC(=O)CCC(C)C(=O)O)(C(C)C)C(C)C. The molecule has 0 aromatic rings. The van der Waals surface area contributed by atoms with Crippen LogP contribution in [0.15, 0.2) is 0 Å². The van der Waals surface area contributed by atoms with Gasteiger partial charge < -0.3 is 9.84 Å². The second kappa shape index (κ2) is 10.7. The summed E-state index contributed by atoms with van der Waals surface area (Å²) in [5.41, 5.74) is -0.447. The maximum atomic E-state index is 12.3. The molecule has 0 radical (unpaired) electrons. The highest BCUT2D eigenvalue weighted by Crippen LogP contribution is 2.36. The Bertz CT molecular complexity index is 352. The van der Waals surface area contributed by atoms with Crippen molar-refractivity contribution in [2.24, 2.45) is 17.8 Å². The molecule has 4 heteroatoms. The van der Waals surface area contributed by atoms with Gasteiger partial charge in [0.15, 0.2) is 0 Å². The van der Waals surface area contributed by atoms with Crippen LogP contribution in [0.1, 0.15) is 86.5 Å². The zero-order valence-electron chi connectivity index (χ0n) is 15.9. The lowest BCUT2D eigenvalue weighted by molar-refractivity contribution is -0.174. The van der Waals surface area contributed by atoms with Gasteiger partial charge in [0.2, 0.25) is 0 Å². The minimum atomic E-state index is -0.864. The average molecular weight is 328 g/mol. The van der Waals surface area contributed by atoms with Crippen LogP contribution >= 0.6 is 0 Å². The summed E-state index contributed by atoms with van der Waals surface area (Å²) in [6, 6.07) is 0. The third kappa shape index (κ3) is 7.36. The molecule has 0 aliphatic heterocycles. The summed E-state index contributed by atoms with van der Waals surface area (Å²) in [6.07, 6.45) is 5.98. The van der Waals surface area contributed by atoms with Gasteiger partial charge in [0.05, 0.1) is 5.92 Å². The van der Waals surface area contributed by atoms with Crippen molar-refractivity contribution >= 4 is 11.9 Å². The van der Waals surface area contributed by atoms with Crippen molar-refractivity contribution in [1.29, 1.82) is 0 Å². The lowest BCUT2D eigenvalue weighted by atomic mass is 9.76. The first-order valence-electron chi connectivity index (χ1n) is 9.12. The van der Waals surface area contributed by atoms with Crippen molar-refractivity contribution in [3.63, 3.8) is 0 Å². The van der Waals surface area contributed by atoms with Gasteiger partial charge in [0.1, 0.15) is 5.60 Å². The maximum Gasteiger partial charge on any atom is 0.306 e. The quantitative estimate of drug-likeness (QED) is 0.402. The van der Waals surface area contributed by atoms with E-state index >= 15 is 0 Å². The molecule has 0 bridgehead atoms. The van der Waals surface area contributed by atoms with Crippen molar-refractivity contribution in [1.82, 2.24) is 0 Å². The van der Waals surface area contributed by atoms with Crippen LogP contribution < -0.4 is 0 Å². The summed E-state index contributed by atoms with van der Waals surface area (Å²) in [5.74, 6) is -1.16. The van der Waals surface area contributed by atoms with Crippen LogP contribution in [-0.4, -0.2) is 22.6 Å². The molecule has 0 fully saturated rings. The first-order chi connectivity index (χ1) is 10.7. The molecular weight excluding hydrogens is 292 g/mol. The van der Waals surface area contributed by atoms with Crippen molar-refractivity contribution in [2.45, 2.75) is 92.1 Å². The molecule has 0 rings (SSSR count). The monoisotopic (exact) mass is 328 g/mol. The second-order valence-corrected chi connectivity index (χ2v) is 7.33. The van der Waals surface area contributed by atoms with Gasteiger partial charge in [-0.15, -0.1) is 0 Å². The van der Waals surface area contributed by atoms with E-state index in [0.29, 0.717) is 6.42 Å². The van der Waals surface area contributed by atoms with Crippen molar-refractivity contribution in [3.8, 4) is 0 Å². The fourth-order valence-electron chi connectivity index (χ4n) is 3.08. The van der Waals surface area contributed by atoms with E-state index < -0.39 is 17.5 Å². The molecule has 23 heavy (non-hydrogen) atoms. The van der Waals surface area contributed by atoms with Crippen LogP contribution in [0, 0.1) is 17.8 Å². The molecule has 0 spiro atoms. The van der Waals surface area contributed by atoms with Crippen LogP contribution in [0.25, 0.3) is 0 Å². The van der Waals surface area contributed by atoms with Gasteiger partial charge in [-0.05, 0) is 31.1 Å². The summed E-state index contributed by atoms with van der Waals surface area (Å²) >= 11 is 0. The lowest BCUT2D eigenvalue weighted by Gasteiger charge is -2.41. The summed E-state index contributed by atoms with van der Waals surface area (Å²) in [7, 11) is 0. The fourth-order valence-corrected chi connectivity index (χ4v) is 3.08. The van der Waals surface area contributed by atoms with Crippen molar-refractivity contribution in [2.75, 3.05) is 0 Å². The molecule has 136 valence electrons. The number of ether oxygens (including phenoxy) is 1. The van der Waals surface area contributed by atoms with Gasteiger partial charge in [-0.2, -0.15) is 0 Å². The Hall–Kier alpha value is -1.06. The Labute approximate surface area is 142 Å². The number of hydrogen-bond acceptors (Lipinski definition) is 3. The smallest absolute Gasteiger partial charge is 0.306 e. The Morgan fingerprint density at radius 2 is 1.57 bits per heavy atom. The predicted molar refractivity (Wildman–Crippen MR) is 93.3 cm³/mol. The molecule has 0 saturated carbocycles. The van der Waals surface area contributed by atoms with E-state index in [-0.39, 0.29) is 24.2 Å². The summed E-state index contributed by atoms with van der Waals surface area (Å²) in [5, 5.41) is 8.92. The number of unbranched alkanes of at least 4 members (excludes halogenated alkanes) is 3. The van der Waals surface area contributed by atoms with Crippen LogP contribution in [0.4, 0.5) is 0 Å². The Morgan fingerprint density at radius 1 is 1.00 bits per heavy atom. The number of aliphatic carboxylic acids is 1. The van der Waals surface area contributed by atoms with Gasteiger partial charge in [-0.1, -0.05) is 60.8 Å². The number of carbonyl (C=O) groups excluding carboxylic acids is 1. The number of carboxylic acid groups (broad SMARTS) is 1. The Morgan fingerprint density at radius 3 is 2.00 bits per heavy atom. The molecule has 0 saturated heterocycles. The highest BCUT2D eigenvalue weighted by Gasteiger charge is 2.40. The maximum absolute atomic E-state index is 12.3. The summed E-state index contributed by atoms with van der Waals surface area (Å²) in [4.78, 5) is 23.1. The van der Waals surface area contributed by atoms with Gasteiger partial charge in [0.25, 0.3) is 0 Å². The first-order valence-corrected chi connectivity index (χ1v) is 9.12. The zero-order chi connectivity index (χ0) is 18.0. The molecule has 1 unspecified atom stereocenters. The van der Waals surface area contributed by atoms with E-state index in [1.165, 1.54) is 12.8 Å². The molecule has 0 aromatic heterocycles. The lowest BCUT2D eigenvalue weighted by Crippen LogP contribution is -2.45. The molecular formula is C19H36O4. The van der Waals surface area contributed by atoms with Crippen molar-refractivity contribution in [3.05, 3.63) is 0 Å². The van der Waals surface area contributed by atoms with E-state index in [9.17, 15) is 9.59 Å². The standard InChI is InChI=1S/C19H36O4/c1-7-8-9-10-13-19(14(2)3,15(4)5)23-17(20)12-11-16(6)18(21)22/h14-16H,7-13H2,1-6H3,(H,21,22). The van der Waals surface area contributed by atoms with Crippen LogP contribution in [0.2, 0.25) is 0 Å². The van der Waals surface area contributed by atoms with Crippen LogP contribution in [0.5, 0.6) is 0 Å². The van der Waals surface area contributed by atoms with Crippen LogP contribution in [0.3, 0.4) is 0 Å². The Kier molecular flexibility index (Phi) is 10.2. The zero-order valence-corrected chi connectivity index (χ0v) is 15.9. The van der Waals surface area contributed by atoms with Crippen molar-refractivity contribution < 1.29 is 19.4 Å². The Balaban J connectivity index is 4.79. The van der Waals surface area contributed by atoms with E-state index in [1.54, 1.807) is 6.92 Å². The first kappa shape index (κ1) is 21.9. The van der Waals surface area contributed by atoms with Gasteiger partial charge in [-0.3, -0.25) is 9.59 Å². The molecule has 0 aliphatic rings. The molecule has 0 amide bonds. The molecule has 1 atom stereocenters. The second-order valence-electron chi connectivity index (χ2n) is 7.33. The summed E-state index contributed by atoms with van der Waals surface area (Å²) in [6.45, 7) is 12.2. The average Bonchev–Trinajstić information content (AvgIpc) is 2.47. The van der Waals surface area contributed by atoms with Gasteiger partial charge in [0, 0.05) is 6.42 Å². The minimum absolute atomic E-state index is 0.170. The van der Waals surface area contributed by atoms with E-state index in [4.69, 9.17) is 9.84 Å². The third-order valence-corrected chi connectivity index (χ3v) is 4.88. The number of esters is 1. The molecule has 4 nitrogen and oxygen atoms in total. The molecule has 0 aliphatic carbocycles. The molecule has 1 N–H and O–H groups in total. The fraction of sp³-hybridized carbons (Fsp3) is 0.895.